The number of hydrogen-bond donors (Lipinski definition) is 3. The molecule has 8 heteroatoms. The summed E-state index contributed by atoms with van der Waals surface area (Å²) in [6.07, 6.45) is 3.03. The number of benzene rings is 1. The van der Waals surface area contributed by atoms with E-state index in [0.29, 0.717) is 15.7 Å². The van der Waals surface area contributed by atoms with Crippen molar-refractivity contribution in [3.63, 3.8) is 0 Å². The van der Waals surface area contributed by atoms with Gasteiger partial charge >= 0.3 is 0 Å². The highest BCUT2D eigenvalue weighted by molar-refractivity contribution is 9.10. The van der Waals surface area contributed by atoms with E-state index in [4.69, 9.17) is 0 Å². The fourth-order valence-corrected chi connectivity index (χ4v) is 3.80. The molecule has 3 N–H and O–H groups in total. The van der Waals surface area contributed by atoms with Crippen molar-refractivity contribution in [1.82, 2.24) is 14.7 Å². The van der Waals surface area contributed by atoms with Crippen LogP contribution in [0.15, 0.2) is 34.0 Å². The van der Waals surface area contributed by atoms with E-state index in [1.165, 1.54) is 12.4 Å². The van der Waals surface area contributed by atoms with Gasteiger partial charge in [-0.3, -0.25) is 0 Å². The van der Waals surface area contributed by atoms with Gasteiger partial charge in [-0.25, -0.2) is 18.1 Å². The lowest BCUT2D eigenvalue weighted by molar-refractivity contribution is 0.281. The smallest absolute Gasteiger partial charge is 0.242 e. The van der Waals surface area contributed by atoms with Gasteiger partial charge in [0, 0.05) is 16.4 Å². The molecule has 0 saturated heterocycles. The first kappa shape index (κ1) is 15.2. The molecule has 0 radical (unpaired) electrons. The van der Waals surface area contributed by atoms with Crippen molar-refractivity contribution in [2.24, 2.45) is 0 Å². The number of imidazole rings is 1. The maximum Gasteiger partial charge on any atom is 0.242 e. The molecule has 6 nitrogen and oxygen atoms in total. The van der Waals surface area contributed by atoms with Gasteiger partial charge in [-0.1, -0.05) is 6.07 Å². The fourth-order valence-electron chi connectivity index (χ4n) is 1.73. The number of aromatic nitrogens is 2. The summed E-state index contributed by atoms with van der Waals surface area (Å²) in [6.45, 7) is 1.69. The minimum atomic E-state index is -3.68. The van der Waals surface area contributed by atoms with Crippen molar-refractivity contribution in [2.45, 2.75) is 25.0 Å². The van der Waals surface area contributed by atoms with Crippen LogP contribution in [0.1, 0.15) is 16.8 Å². The van der Waals surface area contributed by atoms with E-state index in [-0.39, 0.29) is 18.0 Å². The number of aryl methyl sites for hydroxylation is 1. The van der Waals surface area contributed by atoms with Crippen molar-refractivity contribution >= 4 is 26.0 Å². The van der Waals surface area contributed by atoms with Crippen LogP contribution in [0.2, 0.25) is 0 Å². The first-order valence-corrected chi connectivity index (χ1v) is 8.08. The van der Waals surface area contributed by atoms with Crippen molar-refractivity contribution in [2.75, 3.05) is 0 Å². The number of H-pyrrole nitrogens is 1. The van der Waals surface area contributed by atoms with Gasteiger partial charge in [0.2, 0.25) is 10.0 Å². The summed E-state index contributed by atoms with van der Waals surface area (Å²) in [4.78, 5) is 6.75. The van der Waals surface area contributed by atoms with Crippen molar-refractivity contribution in [3.8, 4) is 0 Å². The van der Waals surface area contributed by atoms with Gasteiger partial charge in [0.25, 0.3) is 0 Å². The molecular formula is C12H14BrN3O3S. The van der Waals surface area contributed by atoms with Crippen molar-refractivity contribution in [3.05, 3.63) is 46.0 Å². The molecule has 1 aromatic carbocycles. The number of rotatable bonds is 5. The molecule has 108 valence electrons. The highest BCUT2D eigenvalue weighted by Gasteiger charge is 2.19. The first-order valence-electron chi connectivity index (χ1n) is 5.81. The topological polar surface area (TPSA) is 95.1 Å². The maximum atomic E-state index is 12.3. The van der Waals surface area contributed by atoms with E-state index in [2.05, 4.69) is 30.6 Å². The Morgan fingerprint density at radius 1 is 1.45 bits per heavy atom. The van der Waals surface area contributed by atoms with Gasteiger partial charge < -0.3 is 10.1 Å². The van der Waals surface area contributed by atoms with Crippen LogP contribution in [0, 0.1) is 6.92 Å². The molecule has 0 unspecified atom stereocenters. The Morgan fingerprint density at radius 3 is 2.80 bits per heavy atom. The molecule has 0 fully saturated rings. The largest absolute Gasteiger partial charge is 0.392 e. The highest BCUT2D eigenvalue weighted by Crippen LogP contribution is 2.27. The van der Waals surface area contributed by atoms with Gasteiger partial charge in [0.1, 0.15) is 0 Å². The third-order valence-corrected chi connectivity index (χ3v) is 5.50. The summed E-state index contributed by atoms with van der Waals surface area (Å²) in [7, 11) is -3.68. The number of aliphatic hydroxyl groups is 1. The third kappa shape index (κ3) is 3.26. The predicted octanol–water partition coefficient (Wildman–Crippen LogP) is 1.45. The van der Waals surface area contributed by atoms with Crippen molar-refractivity contribution < 1.29 is 13.5 Å². The van der Waals surface area contributed by atoms with Gasteiger partial charge in [0.15, 0.2) is 0 Å². The second kappa shape index (κ2) is 6.04. The lowest BCUT2D eigenvalue weighted by atomic mass is 10.1. The Balaban J connectivity index is 2.31. The summed E-state index contributed by atoms with van der Waals surface area (Å²) in [5, 5.41) is 9.18. The third-order valence-electron chi connectivity index (χ3n) is 2.76. The van der Waals surface area contributed by atoms with Crippen LogP contribution < -0.4 is 4.72 Å². The van der Waals surface area contributed by atoms with Gasteiger partial charge in [-0.15, -0.1) is 0 Å². The average molecular weight is 360 g/mol. The summed E-state index contributed by atoms with van der Waals surface area (Å²) >= 11 is 3.28. The molecular weight excluding hydrogens is 346 g/mol. The zero-order chi connectivity index (χ0) is 14.8. The molecule has 0 amide bonds. The SMILES string of the molecule is Cc1cc(CO)cc(S(=O)(=O)NCc2cnc[nH]2)c1Br. The van der Waals surface area contributed by atoms with E-state index in [9.17, 15) is 13.5 Å². The molecule has 0 aliphatic rings. The van der Waals surface area contributed by atoms with Gasteiger partial charge in [-0.05, 0) is 40.0 Å². The van der Waals surface area contributed by atoms with E-state index in [0.717, 1.165) is 5.56 Å². The zero-order valence-electron chi connectivity index (χ0n) is 10.7. The Kier molecular flexibility index (Phi) is 4.59. The minimum absolute atomic E-state index is 0.112. The Labute approximate surface area is 125 Å². The van der Waals surface area contributed by atoms with Crippen LogP contribution in [-0.2, 0) is 23.2 Å². The lowest BCUT2D eigenvalue weighted by Crippen LogP contribution is -2.24. The Hall–Kier alpha value is -1.22. The number of aromatic amines is 1. The average Bonchev–Trinajstić information content (AvgIpc) is 2.92. The highest BCUT2D eigenvalue weighted by atomic mass is 79.9. The minimum Gasteiger partial charge on any atom is -0.392 e. The maximum absolute atomic E-state index is 12.3. The van der Waals surface area contributed by atoms with Gasteiger partial charge in [-0.2, -0.15) is 0 Å². The predicted molar refractivity (Wildman–Crippen MR) is 77.4 cm³/mol. The number of halogens is 1. The van der Waals surface area contributed by atoms with Crippen LogP contribution in [-0.4, -0.2) is 23.5 Å². The summed E-state index contributed by atoms with van der Waals surface area (Å²) in [5.41, 5.74) is 1.96. The van der Waals surface area contributed by atoms with Crippen LogP contribution in [0.5, 0.6) is 0 Å². The molecule has 0 aliphatic heterocycles. The fraction of sp³-hybridized carbons (Fsp3) is 0.250. The zero-order valence-corrected chi connectivity index (χ0v) is 13.1. The van der Waals surface area contributed by atoms with E-state index in [1.54, 1.807) is 19.2 Å². The summed E-state index contributed by atoms with van der Waals surface area (Å²) in [6, 6.07) is 3.18. The molecule has 0 saturated carbocycles. The first-order chi connectivity index (χ1) is 9.44. The van der Waals surface area contributed by atoms with E-state index in [1.807, 2.05) is 0 Å². The van der Waals surface area contributed by atoms with Crippen LogP contribution >= 0.6 is 15.9 Å². The van der Waals surface area contributed by atoms with Crippen LogP contribution in [0.4, 0.5) is 0 Å². The molecule has 0 aliphatic carbocycles. The number of nitrogens with one attached hydrogen (secondary N) is 2. The second-order valence-corrected chi connectivity index (χ2v) is 6.81. The summed E-state index contributed by atoms with van der Waals surface area (Å²) in [5.74, 6) is 0. The van der Waals surface area contributed by atoms with E-state index < -0.39 is 10.0 Å². The normalized spacial score (nSPS) is 11.8. The number of sulfonamides is 1. The number of nitrogens with zero attached hydrogens (tertiary/aromatic N) is 1. The van der Waals surface area contributed by atoms with Gasteiger partial charge in [0.05, 0.1) is 24.4 Å². The molecule has 0 atom stereocenters. The molecule has 2 rings (SSSR count). The van der Waals surface area contributed by atoms with Crippen LogP contribution in [0.25, 0.3) is 0 Å². The number of aliphatic hydroxyl groups excluding tert-OH is 1. The second-order valence-electron chi connectivity index (χ2n) is 4.28. The molecule has 1 aromatic heterocycles. The van der Waals surface area contributed by atoms with E-state index >= 15 is 0 Å². The standard InChI is InChI=1S/C12H14BrN3O3S/c1-8-2-9(6-17)3-11(12(8)13)20(18,19)16-5-10-4-14-7-15-10/h2-4,7,16-17H,5-6H2,1H3,(H,14,15). The summed E-state index contributed by atoms with van der Waals surface area (Å²) < 4.78 is 27.6. The molecule has 1 heterocycles. The quantitative estimate of drug-likeness (QED) is 0.752. The molecule has 0 spiro atoms. The Morgan fingerprint density at radius 2 is 2.20 bits per heavy atom. The molecule has 2 aromatic rings. The van der Waals surface area contributed by atoms with Crippen LogP contribution in [0.3, 0.4) is 0 Å². The monoisotopic (exact) mass is 359 g/mol. The lowest BCUT2D eigenvalue weighted by Gasteiger charge is -2.11. The molecule has 20 heavy (non-hydrogen) atoms. The number of hydrogen-bond acceptors (Lipinski definition) is 4. The molecule has 0 bridgehead atoms. The Bertz CT molecular complexity index is 699. The van der Waals surface area contributed by atoms with Crippen molar-refractivity contribution in [1.29, 1.82) is 0 Å².